The van der Waals surface area contributed by atoms with Crippen molar-refractivity contribution in [1.82, 2.24) is 0 Å². The number of ether oxygens (including phenoxy) is 1. The van der Waals surface area contributed by atoms with Gasteiger partial charge in [0.2, 0.25) is 0 Å². The van der Waals surface area contributed by atoms with Gasteiger partial charge in [0, 0.05) is 6.42 Å². The van der Waals surface area contributed by atoms with Gasteiger partial charge in [0.1, 0.15) is 17.1 Å². The summed E-state index contributed by atoms with van der Waals surface area (Å²) in [5.41, 5.74) is -0.423. The van der Waals surface area contributed by atoms with Crippen molar-refractivity contribution in [2.45, 2.75) is 32.8 Å². The van der Waals surface area contributed by atoms with Crippen LogP contribution in [0.25, 0.3) is 0 Å². The maximum absolute atomic E-state index is 11.0. The van der Waals surface area contributed by atoms with Crippen molar-refractivity contribution in [3.8, 4) is 5.75 Å². The zero-order valence-corrected chi connectivity index (χ0v) is 8.91. The van der Waals surface area contributed by atoms with Gasteiger partial charge in [-0.15, -0.1) is 0 Å². The first kappa shape index (κ1) is 10.8. The number of rotatable bonds is 4. The quantitative estimate of drug-likeness (QED) is 0.733. The van der Waals surface area contributed by atoms with Crippen molar-refractivity contribution in [2.75, 3.05) is 0 Å². The highest BCUT2D eigenvalue weighted by atomic mass is 16.5. The Balaban J connectivity index is 2.63. The third kappa shape index (κ3) is 3.60. The number of carbonyl (C=O) groups is 1. The lowest BCUT2D eigenvalue weighted by Gasteiger charge is -2.25. The van der Waals surface area contributed by atoms with Crippen molar-refractivity contribution >= 4 is 5.78 Å². The van der Waals surface area contributed by atoms with Crippen molar-refractivity contribution in [2.24, 2.45) is 0 Å². The van der Waals surface area contributed by atoms with E-state index in [4.69, 9.17) is 4.74 Å². The maximum atomic E-state index is 11.0. The summed E-state index contributed by atoms with van der Waals surface area (Å²) in [6.45, 7) is 5.42. The lowest BCUT2D eigenvalue weighted by Crippen LogP contribution is -2.30. The molecule has 0 bridgehead atoms. The van der Waals surface area contributed by atoms with Crippen LogP contribution in [0.4, 0.5) is 0 Å². The number of benzene rings is 1. The molecule has 2 heteroatoms. The van der Waals surface area contributed by atoms with E-state index in [0.29, 0.717) is 6.42 Å². The van der Waals surface area contributed by atoms with Crippen LogP contribution < -0.4 is 4.74 Å². The van der Waals surface area contributed by atoms with E-state index in [-0.39, 0.29) is 5.78 Å². The number of Topliss-reactive ketones (excluding diaryl/α,β-unsaturated/α-hetero) is 1. The minimum atomic E-state index is -0.423. The first-order valence-electron chi connectivity index (χ1n) is 4.73. The molecule has 14 heavy (non-hydrogen) atoms. The Morgan fingerprint density at radius 3 is 2.36 bits per heavy atom. The van der Waals surface area contributed by atoms with Gasteiger partial charge in [-0.25, -0.2) is 0 Å². The molecular formula is C12H16O2. The molecule has 0 saturated heterocycles. The average molecular weight is 192 g/mol. The van der Waals surface area contributed by atoms with E-state index < -0.39 is 5.60 Å². The molecule has 0 aliphatic rings. The Bertz CT molecular complexity index is 301. The Hall–Kier alpha value is -1.31. The van der Waals surface area contributed by atoms with Gasteiger partial charge in [0.05, 0.1) is 0 Å². The van der Waals surface area contributed by atoms with Gasteiger partial charge in [-0.05, 0) is 32.9 Å². The molecule has 2 nitrogen and oxygen atoms in total. The molecule has 76 valence electrons. The maximum Gasteiger partial charge on any atom is 0.133 e. The second kappa shape index (κ2) is 4.27. The normalized spacial score (nSPS) is 11.1. The summed E-state index contributed by atoms with van der Waals surface area (Å²) < 4.78 is 5.69. The second-order valence-corrected chi connectivity index (χ2v) is 4.05. The first-order valence-corrected chi connectivity index (χ1v) is 4.73. The van der Waals surface area contributed by atoms with Crippen LogP contribution in [0, 0.1) is 0 Å². The molecule has 0 radical (unpaired) electrons. The SMILES string of the molecule is CC(=O)CC(C)(C)Oc1ccccc1. The molecule has 0 heterocycles. The van der Waals surface area contributed by atoms with E-state index in [0.717, 1.165) is 5.75 Å². The van der Waals surface area contributed by atoms with Crippen LogP contribution in [0.3, 0.4) is 0 Å². The van der Waals surface area contributed by atoms with Crippen LogP contribution in [-0.2, 0) is 4.79 Å². The number of carbonyl (C=O) groups excluding carboxylic acids is 1. The van der Waals surface area contributed by atoms with Crippen molar-refractivity contribution in [3.63, 3.8) is 0 Å². The molecule has 0 aliphatic carbocycles. The Morgan fingerprint density at radius 1 is 1.29 bits per heavy atom. The van der Waals surface area contributed by atoms with E-state index >= 15 is 0 Å². The minimum absolute atomic E-state index is 0.144. The molecule has 1 aromatic carbocycles. The van der Waals surface area contributed by atoms with Gasteiger partial charge in [-0.1, -0.05) is 18.2 Å². The molecular weight excluding hydrogens is 176 g/mol. The van der Waals surface area contributed by atoms with Gasteiger partial charge in [0.25, 0.3) is 0 Å². The number of hydrogen-bond acceptors (Lipinski definition) is 2. The largest absolute Gasteiger partial charge is 0.487 e. The number of ketones is 1. The summed E-state index contributed by atoms with van der Waals surface area (Å²) in [5.74, 6) is 0.949. The second-order valence-electron chi connectivity index (χ2n) is 4.05. The summed E-state index contributed by atoms with van der Waals surface area (Å²) in [5, 5.41) is 0. The number of hydrogen-bond donors (Lipinski definition) is 0. The molecule has 0 spiro atoms. The van der Waals surface area contributed by atoms with Crippen LogP contribution in [0.15, 0.2) is 30.3 Å². The average Bonchev–Trinajstić information content (AvgIpc) is 2.02. The standard InChI is InChI=1S/C12H16O2/c1-10(13)9-12(2,3)14-11-7-5-4-6-8-11/h4-8H,9H2,1-3H3. The Labute approximate surface area is 84.9 Å². The lowest BCUT2D eigenvalue weighted by atomic mass is 10.0. The summed E-state index contributed by atoms with van der Waals surface area (Å²) in [6.07, 6.45) is 0.432. The molecule has 0 saturated carbocycles. The van der Waals surface area contributed by atoms with E-state index in [1.807, 2.05) is 44.2 Å². The van der Waals surface area contributed by atoms with Gasteiger partial charge >= 0.3 is 0 Å². The molecule has 0 amide bonds. The molecule has 0 unspecified atom stereocenters. The molecule has 0 atom stereocenters. The first-order chi connectivity index (χ1) is 6.49. The molecule has 1 rings (SSSR count). The highest BCUT2D eigenvalue weighted by molar-refractivity contribution is 5.76. The van der Waals surface area contributed by atoms with E-state index in [9.17, 15) is 4.79 Å². The van der Waals surface area contributed by atoms with Crippen molar-refractivity contribution < 1.29 is 9.53 Å². The lowest BCUT2D eigenvalue weighted by molar-refractivity contribution is -0.120. The summed E-state index contributed by atoms with van der Waals surface area (Å²) in [7, 11) is 0. The van der Waals surface area contributed by atoms with Crippen LogP contribution in [0.2, 0.25) is 0 Å². The zero-order chi connectivity index (χ0) is 10.6. The molecule has 0 aromatic heterocycles. The summed E-state index contributed by atoms with van der Waals surface area (Å²) in [6, 6.07) is 9.55. The monoisotopic (exact) mass is 192 g/mol. The third-order valence-corrected chi connectivity index (χ3v) is 1.81. The topological polar surface area (TPSA) is 26.3 Å². The summed E-state index contributed by atoms with van der Waals surface area (Å²) in [4.78, 5) is 11.0. The van der Waals surface area contributed by atoms with E-state index in [1.54, 1.807) is 6.92 Å². The van der Waals surface area contributed by atoms with Gasteiger partial charge in [-0.3, -0.25) is 4.79 Å². The van der Waals surface area contributed by atoms with Crippen LogP contribution in [0.5, 0.6) is 5.75 Å². The molecule has 0 fully saturated rings. The summed E-state index contributed by atoms with van der Waals surface area (Å²) >= 11 is 0. The fraction of sp³-hybridized carbons (Fsp3) is 0.417. The van der Waals surface area contributed by atoms with Crippen LogP contribution >= 0.6 is 0 Å². The van der Waals surface area contributed by atoms with Gasteiger partial charge < -0.3 is 4.74 Å². The van der Waals surface area contributed by atoms with Crippen LogP contribution in [0.1, 0.15) is 27.2 Å². The van der Waals surface area contributed by atoms with Gasteiger partial charge in [-0.2, -0.15) is 0 Å². The fourth-order valence-corrected chi connectivity index (χ4v) is 1.44. The molecule has 0 N–H and O–H groups in total. The minimum Gasteiger partial charge on any atom is -0.487 e. The van der Waals surface area contributed by atoms with Gasteiger partial charge in [0.15, 0.2) is 0 Å². The molecule has 1 aromatic rings. The van der Waals surface area contributed by atoms with Crippen molar-refractivity contribution in [1.29, 1.82) is 0 Å². The Kier molecular flexibility index (Phi) is 3.28. The fourth-order valence-electron chi connectivity index (χ4n) is 1.44. The van der Waals surface area contributed by atoms with E-state index in [1.165, 1.54) is 0 Å². The van der Waals surface area contributed by atoms with E-state index in [2.05, 4.69) is 0 Å². The predicted molar refractivity (Wildman–Crippen MR) is 56.4 cm³/mol. The zero-order valence-electron chi connectivity index (χ0n) is 8.91. The smallest absolute Gasteiger partial charge is 0.133 e. The highest BCUT2D eigenvalue weighted by Crippen LogP contribution is 2.20. The van der Waals surface area contributed by atoms with Crippen molar-refractivity contribution in [3.05, 3.63) is 30.3 Å². The third-order valence-electron chi connectivity index (χ3n) is 1.81. The van der Waals surface area contributed by atoms with Crippen LogP contribution in [-0.4, -0.2) is 11.4 Å². The highest BCUT2D eigenvalue weighted by Gasteiger charge is 2.21. The number of para-hydroxylation sites is 1. The Morgan fingerprint density at radius 2 is 1.86 bits per heavy atom. The molecule has 0 aliphatic heterocycles. The predicted octanol–water partition coefficient (Wildman–Crippen LogP) is 2.82.